The molecule has 1 aromatic carbocycles. The summed E-state index contributed by atoms with van der Waals surface area (Å²) >= 11 is 6.10. The molecule has 1 aliphatic carbocycles. The first kappa shape index (κ1) is 13.0. The quantitative estimate of drug-likeness (QED) is 0.672. The van der Waals surface area contributed by atoms with Crippen LogP contribution in [0, 0.1) is 0 Å². The first-order valence-corrected chi connectivity index (χ1v) is 7.94. The maximum atomic E-state index is 12.1. The number of aromatic nitrogens is 2. The highest BCUT2D eigenvalue weighted by Crippen LogP contribution is 2.37. The van der Waals surface area contributed by atoms with E-state index in [1.807, 2.05) is 18.2 Å². The Morgan fingerprint density at radius 3 is 2.62 bits per heavy atom. The van der Waals surface area contributed by atoms with Gasteiger partial charge in [0.2, 0.25) is 5.56 Å². The lowest BCUT2D eigenvalue weighted by Crippen LogP contribution is -2.11. The van der Waals surface area contributed by atoms with Gasteiger partial charge in [-0.2, -0.15) is 0 Å². The first-order valence-electron chi connectivity index (χ1n) is 7.56. The van der Waals surface area contributed by atoms with Gasteiger partial charge in [0.25, 0.3) is 0 Å². The number of hydrogen-bond donors (Lipinski definition) is 2. The lowest BCUT2D eigenvalue weighted by atomic mass is 9.84. The fourth-order valence-corrected chi connectivity index (χ4v) is 3.79. The predicted octanol–water partition coefficient (Wildman–Crippen LogP) is 4.71. The maximum absolute atomic E-state index is 12.1. The molecular formula is C17H17ClN2O. The van der Waals surface area contributed by atoms with E-state index in [0.29, 0.717) is 10.9 Å². The molecule has 0 bridgehead atoms. The Hall–Kier alpha value is -1.74. The second-order valence-corrected chi connectivity index (χ2v) is 6.43. The second-order valence-electron chi connectivity index (χ2n) is 5.99. The van der Waals surface area contributed by atoms with Crippen molar-refractivity contribution < 1.29 is 0 Å². The summed E-state index contributed by atoms with van der Waals surface area (Å²) in [6.07, 6.45) is 6.17. The fourth-order valence-electron chi connectivity index (χ4n) is 3.62. The van der Waals surface area contributed by atoms with Crippen LogP contribution in [0.1, 0.15) is 43.6 Å². The summed E-state index contributed by atoms with van der Waals surface area (Å²) in [5, 5.41) is 1.68. The number of hydrogen-bond acceptors (Lipinski definition) is 1. The number of rotatable bonds is 1. The van der Waals surface area contributed by atoms with Crippen LogP contribution in [-0.2, 0) is 0 Å². The monoisotopic (exact) mass is 300 g/mol. The van der Waals surface area contributed by atoms with Crippen molar-refractivity contribution in [3.63, 3.8) is 0 Å². The summed E-state index contributed by atoms with van der Waals surface area (Å²) in [6, 6.07) is 7.53. The second kappa shape index (κ2) is 4.92. The Balaban J connectivity index is 2.02. The zero-order valence-electron chi connectivity index (χ0n) is 11.7. The van der Waals surface area contributed by atoms with Crippen molar-refractivity contribution in [2.75, 3.05) is 0 Å². The molecular weight excluding hydrogens is 284 g/mol. The highest BCUT2D eigenvalue weighted by atomic mass is 35.5. The van der Waals surface area contributed by atoms with Crippen LogP contribution in [0.4, 0.5) is 0 Å². The van der Waals surface area contributed by atoms with E-state index in [4.69, 9.17) is 11.6 Å². The number of fused-ring (bicyclic) bond motifs is 3. The number of benzene rings is 1. The SMILES string of the molecule is O=c1cc(C2CCCCC2)c2[nH]c3ccc(Cl)cc3c2[nH]1. The van der Waals surface area contributed by atoms with E-state index in [9.17, 15) is 4.79 Å². The largest absolute Gasteiger partial charge is 0.353 e. The zero-order chi connectivity index (χ0) is 14.4. The average molecular weight is 301 g/mol. The topological polar surface area (TPSA) is 48.6 Å². The van der Waals surface area contributed by atoms with Crippen LogP contribution >= 0.6 is 11.6 Å². The van der Waals surface area contributed by atoms with Gasteiger partial charge in [-0.05, 0) is 42.5 Å². The Bertz CT molecular complexity index is 871. The predicted molar refractivity (Wildman–Crippen MR) is 87.3 cm³/mol. The van der Waals surface area contributed by atoms with Gasteiger partial charge in [-0.15, -0.1) is 0 Å². The third kappa shape index (κ3) is 2.16. The van der Waals surface area contributed by atoms with Crippen molar-refractivity contribution in [2.45, 2.75) is 38.0 Å². The Morgan fingerprint density at radius 1 is 1.00 bits per heavy atom. The van der Waals surface area contributed by atoms with Gasteiger partial charge in [0.15, 0.2) is 0 Å². The lowest BCUT2D eigenvalue weighted by molar-refractivity contribution is 0.445. The van der Waals surface area contributed by atoms with Crippen molar-refractivity contribution in [1.82, 2.24) is 9.97 Å². The molecule has 0 atom stereocenters. The van der Waals surface area contributed by atoms with Crippen molar-refractivity contribution in [2.24, 2.45) is 0 Å². The van der Waals surface area contributed by atoms with Crippen LogP contribution in [0.3, 0.4) is 0 Å². The van der Waals surface area contributed by atoms with Gasteiger partial charge in [0.1, 0.15) is 0 Å². The molecule has 1 saturated carbocycles. The molecule has 2 aromatic heterocycles. The number of nitrogens with one attached hydrogen (secondary N) is 2. The normalized spacial score (nSPS) is 16.8. The molecule has 108 valence electrons. The van der Waals surface area contributed by atoms with Gasteiger partial charge in [-0.25, -0.2) is 0 Å². The van der Waals surface area contributed by atoms with Gasteiger partial charge >= 0.3 is 0 Å². The van der Waals surface area contributed by atoms with Gasteiger partial charge in [-0.1, -0.05) is 30.9 Å². The molecule has 3 aromatic rings. The molecule has 0 spiro atoms. The highest BCUT2D eigenvalue weighted by molar-refractivity contribution is 6.31. The molecule has 1 aliphatic rings. The molecule has 0 amide bonds. The van der Waals surface area contributed by atoms with Crippen LogP contribution in [0.5, 0.6) is 0 Å². The summed E-state index contributed by atoms with van der Waals surface area (Å²) in [6.45, 7) is 0. The van der Waals surface area contributed by atoms with Crippen molar-refractivity contribution >= 4 is 33.5 Å². The van der Waals surface area contributed by atoms with Gasteiger partial charge in [-0.3, -0.25) is 4.79 Å². The minimum Gasteiger partial charge on any atom is -0.353 e. The molecule has 2 N–H and O–H groups in total. The van der Waals surface area contributed by atoms with E-state index >= 15 is 0 Å². The number of halogens is 1. The van der Waals surface area contributed by atoms with E-state index in [-0.39, 0.29) is 5.56 Å². The first-order chi connectivity index (χ1) is 10.2. The number of H-pyrrole nitrogens is 2. The van der Waals surface area contributed by atoms with Crippen LogP contribution < -0.4 is 5.56 Å². The Kier molecular flexibility index (Phi) is 3.03. The summed E-state index contributed by atoms with van der Waals surface area (Å²) in [5.41, 5.74) is 4.12. The van der Waals surface area contributed by atoms with Crippen molar-refractivity contribution in [3.8, 4) is 0 Å². The van der Waals surface area contributed by atoms with Crippen molar-refractivity contribution in [3.05, 3.63) is 45.2 Å². The molecule has 2 heterocycles. The van der Waals surface area contributed by atoms with Crippen LogP contribution in [0.2, 0.25) is 5.02 Å². The molecule has 4 heteroatoms. The van der Waals surface area contributed by atoms with Crippen LogP contribution in [0.15, 0.2) is 29.1 Å². The average Bonchev–Trinajstić information content (AvgIpc) is 2.85. The van der Waals surface area contributed by atoms with E-state index < -0.39 is 0 Å². The van der Waals surface area contributed by atoms with E-state index in [0.717, 1.165) is 21.9 Å². The molecule has 0 aliphatic heterocycles. The molecule has 21 heavy (non-hydrogen) atoms. The highest BCUT2D eigenvalue weighted by Gasteiger charge is 2.20. The molecule has 1 fully saturated rings. The molecule has 0 radical (unpaired) electrons. The maximum Gasteiger partial charge on any atom is 0.248 e. The molecule has 0 unspecified atom stereocenters. The minimum atomic E-state index is -0.0241. The minimum absolute atomic E-state index is 0.0241. The lowest BCUT2D eigenvalue weighted by Gasteiger charge is -2.22. The van der Waals surface area contributed by atoms with E-state index in [1.165, 1.54) is 37.7 Å². The molecule has 0 saturated heterocycles. The van der Waals surface area contributed by atoms with E-state index in [2.05, 4.69) is 9.97 Å². The molecule has 4 rings (SSSR count). The third-order valence-electron chi connectivity index (χ3n) is 4.63. The standard InChI is InChI=1S/C17H17ClN2O/c18-11-6-7-14-13(8-11)17-16(19-14)12(9-15(21)20-17)10-4-2-1-3-5-10/h6-10,19H,1-5H2,(H,20,21). The van der Waals surface area contributed by atoms with Crippen molar-refractivity contribution in [1.29, 1.82) is 0 Å². The molecule has 3 nitrogen and oxygen atoms in total. The fraction of sp³-hybridized carbons (Fsp3) is 0.353. The number of aromatic amines is 2. The summed E-state index contributed by atoms with van der Waals surface area (Å²) in [7, 11) is 0. The Labute approximate surface area is 127 Å². The van der Waals surface area contributed by atoms with E-state index in [1.54, 1.807) is 6.07 Å². The van der Waals surface area contributed by atoms with Gasteiger partial charge < -0.3 is 9.97 Å². The third-order valence-corrected chi connectivity index (χ3v) is 4.86. The van der Waals surface area contributed by atoms with Gasteiger partial charge in [0.05, 0.1) is 11.0 Å². The summed E-state index contributed by atoms with van der Waals surface area (Å²) < 4.78 is 0. The van der Waals surface area contributed by atoms with Crippen LogP contribution in [0.25, 0.3) is 21.9 Å². The number of pyridine rings is 1. The van der Waals surface area contributed by atoms with Gasteiger partial charge in [0, 0.05) is 22.0 Å². The summed E-state index contributed by atoms with van der Waals surface area (Å²) in [5.74, 6) is 0.493. The smallest absolute Gasteiger partial charge is 0.248 e. The summed E-state index contributed by atoms with van der Waals surface area (Å²) in [4.78, 5) is 18.5. The Morgan fingerprint density at radius 2 is 1.81 bits per heavy atom. The zero-order valence-corrected chi connectivity index (χ0v) is 12.5. The van der Waals surface area contributed by atoms with Crippen LogP contribution in [-0.4, -0.2) is 9.97 Å².